The highest BCUT2D eigenvalue weighted by Crippen LogP contribution is 2.41. The molecule has 1 aliphatic carbocycles. The van der Waals surface area contributed by atoms with Gasteiger partial charge in [-0.25, -0.2) is 0 Å². The standard InChI is InChI=1S/C24H24ClNO2S/c25-18-13-15-20(16-14-18)29-22-21(17-9-5-4-6-10-17)23(27)26(24(22)28)19-11-7-2-1-3-8-12-19/h4-6,9-10,13-16,19H,1-3,7-8,11-12H2. The van der Waals surface area contributed by atoms with Gasteiger partial charge in [0, 0.05) is 16.0 Å². The third-order valence-electron chi connectivity index (χ3n) is 5.61. The van der Waals surface area contributed by atoms with E-state index in [9.17, 15) is 9.59 Å². The molecule has 0 saturated heterocycles. The van der Waals surface area contributed by atoms with Gasteiger partial charge in [0.05, 0.1) is 10.5 Å². The first-order valence-corrected chi connectivity index (χ1v) is 11.5. The van der Waals surface area contributed by atoms with Crippen LogP contribution in [0.4, 0.5) is 0 Å². The Balaban J connectivity index is 1.70. The van der Waals surface area contributed by atoms with E-state index < -0.39 is 0 Å². The number of rotatable bonds is 4. The molecule has 5 heteroatoms. The van der Waals surface area contributed by atoms with Gasteiger partial charge in [0.1, 0.15) is 0 Å². The minimum absolute atomic E-state index is 0.00247. The first-order chi connectivity index (χ1) is 14.1. The van der Waals surface area contributed by atoms with E-state index in [1.165, 1.54) is 31.0 Å². The molecule has 1 saturated carbocycles. The molecule has 1 heterocycles. The van der Waals surface area contributed by atoms with Crippen LogP contribution in [0.3, 0.4) is 0 Å². The fourth-order valence-corrected chi connectivity index (χ4v) is 5.25. The number of nitrogens with zero attached hydrogens (tertiary/aromatic N) is 1. The molecule has 0 spiro atoms. The summed E-state index contributed by atoms with van der Waals surface area (Å²) in [6.07, 6.45) is 7.55. The van der Waals surface area contributed by atoms with Gasteiger partial charge < -0.3 is 0 Å². The number of thioether (sulfide) groups is 1. The van der Waals surface area contributed by atoms with Gasteiger partial charge in [-0.05, 0) is 42.7 Å². The lowest BCUT2D eigenvalue weighted by Gasteiger charge is -2.28. The number of halogens is 1. The summed E-state index contributed by atoms with van der Waals surface area (Å²) in [5.41, 5.74) is 1.33. The smallest absolute Gasteiger partial charge is 0.268 e. The van der Waals surface area contributed by atoms with Gasteiger partial charge in [-0.3, -0.25) is 14.5 Å². The van der Waals surface area contributed by atoms with Crippen molar-refractivity contribution in [1.82, 2.24) is 4.90 Å². The highest BCUT2D eigenvalue weighted by molar-refractivity contribution is 8.04. The molecule has 2 aromatic carbocycles. The summed E-state index contributed by atoms with van der Waals surface area (Å²) >= 11 is 7.37. The van der Waals surface area contributed by atoms with Gasteiger partial charge in [-0.2, -0.15) is 0 Å². The maximum absolute atomic E-state index is 13.5. The molecule has 2 aromatic rings. The van der Waals surface area contributed by atoms with Crippen molar-refractivity contribution in [2.45, 2.75) is 55.9 Å². The van der Waals surface area contributed by atoms with Crippen LogP contribution >= 0.6 is 23.4 Å². The molecule has 0 unspecified atom stereocenters. The number of carbonyl (C=O) groups excluding carboxylic acids is 2. The average Bonchev–Trinajstić information content (AvgIpc) is 2.94. The number of benzene rings is 2. The number of hydrogen-bond donors (Lipinski definition) is 0. The van der Waals surface area contributed by atoms with Crippen LogP contribution in [0.25, 0.3) is 5.57 Å². The second-order valence-corrected chi connectivity index (χ2v) is 9.13. The maximum Gasteiger partial charge on any atom is 0.268 e. The van der Waals surface area contributed by atoms with E-state index in [1.54, 1.807) is 17.0 Å². The summed E-state index contributed by atoms with van der Waals surface area (Å²) in [6.45, 7) is 0. The van der Waals surface area contributed by atoms with Gasteiger partial charge in [0.15, 0.2) is 0 Å². The summed E-state index contributed by atoms with van der Waals surface area (Å²) in [6, 6.07) is 16.9. The predicted molar refractivity (Wildman–Crippen MR) is 119 cm³/mol. The molecule has 29 heavy (non-hydrogen) atoms. The summed E-state index contributed by atoms with van der Waals surface area (Å²) in [7, 11) is 0. The molecule has 3 nitrogen and oxygen atoms in total. The van der Waals surface area contributed by atoms with Gasteiger partial charge in [-0.15, -0.1) is 0 Å². The van der Waals surface area contributed by atoms with Crippen LogP contribution in [0, 0.1) is 0 Å². The van der Waals surface area contributed by atoms with Gasteiger partial charge in [0.2, 0.25) is 0 Å². The normalized spacial score (nSPS) is 18.9. The van der Waals surface area contributed by atoms with Crippen LogP contribution in [0.1, 0.15) is 50.5 Å². The molecule has 2 amide bonds. The fourth-order valence-electron chi connectivity index (χ4n) is 4.13. The van der Waals surface area contributed by atoms with Crippen LogP contribution in [0.15, 0.2) is 64.4 Å². The van der Waals surface area contributed by atoms with Crippen molar-refractivity contribution in [2.24, 2.45) is 0 Å². The van der Waals surface area contributed by atoms with Crippen LogP contribution < -0.4 is 0 Å². The first kappa shape index (κ1) is 20.2. The van der Waals surface area contributed by atoms with Crippen molar-refractivity contribution in [3.63, 3.8) is 0 Å². The lowest BCUT2D eigenvalue weighted by atomic mass is 9.95. The summed E-state index contributed by atoms with van der Waals surface area (Å²) in [5.74, 6) is -0.303. The highest BCUT2D eigenvalue weighted by atomic mass is 35.5. The van der Waals surface area contributed by atoms with Gasteiger partial charge in [-0.1, -0.05) is 85.8 Å². The Bertz CT molecular complexity index is 916. The van der Waals surface area contributed by atoms with Gasteiger partial charge in [0.25, 0.3) is 11.8 Å². The monoisotopic (exact) mass is 425 g/mol. The zero-order valence-corrected chi connectivity index (χ0v) is 17.8. The highest BCUT2D eigenvalue weighted by Gasteiger charge is 2.42. The van der Waals surface area contributed by atoms with Crippen molar-refractivity contribution >= 4 is 40.8 Å². The Morgan fingerprint density at radius 1 is 0.793 bits per heavy atom. The molecule has 0 radical (unpaired) electrons. The molecular weight excluding hydrogens is 402 g/mol. The molecule has 0 N–H and O–H groups in total. The largest absolute Gasteiger partial charge is 0.271 e. The molecule has 1 aliphatic heterocycles. The Hall–Kier alpha value is -2.04. The number of carbonyl (C=O) groups is 2. The first-order valence-electron chi connectivity index (χ1n) is 10.3. The second kappa shape index (κ2) is 9.19. The lowest BCUT2D eigenvalue weighted by Crippen LogP contribution is -2.41. The number of imide groups is 1. The molecule has 0 atom stereocenters. The van der Waals surface area contributed by atoms with Gasteiger partial charge >= 0.3 is 0 Å². The van der Waals surface area contributed by atoms with E-state index in [0.717, 1.165) is 36.1 Å². The molecular formula is C24H24ClNO2S. The van der Waals surface area contributed by atoms with E-state index in [-0.39, 0.29) is 17.9 Å². The van der Waals surface area contributed by atoms with Crippen LogP contribution in [0.5, 0.6) is 0 Å². The Morgan fingerprint density at radius 2 is 1.41 bits per heavy atom. The molecule has 0 aromatic heterocycles. The summed E-state index contributed by atoms with van der Waals surface area (Å²) < 4.78 is 0. The van der Waals surface area contributed by atoms with E-state index in [4.69, 9.17) is 11.6 Å². The zero-order valence-electron chi connectivity index (χ0n) is 16.3. The summed E-state index contributed by atoms with van der Waals surface area (Å²) in [4.78, 5) is 29.9. The lowest BCUT2D eigenvalue weighted by molar-refractivity contribution is -0.139. The molecule has 150 valence electrons. The number of hydrogen-bond acceptors (Lipinski definition) is 3. The van der Waals surface area contributed by atoms with Crippen LogP contribution in [-0.4, -0.2) is 22.8 Å². The predicted octanol–water partition coefficient (Wildman–Crippen LogP) is 6.33. The topological polar surface area (TPSA) is 37.4 Å². The minimum Gasteiger partial charge on any atom is -0.271 e. The third-order valence-corrected chi connectivity index (χ3v) is 6.95. The van der Waals surface area contributed by atoms with Crippen molar-refractivity contribution in [2.75, 3.05) is 0 Å². The van der Waals surface area contributed by atoms with E-state index in [0.29, 0.717) is 15.5 Å². The Labute approximate surface area is 181 Å². The Morgan fingerprint density at radius 3 is 2.07 bits per heavy atom. The van der Waals surface area contributed by atoms with Crippen molar-refractivity contribution in [3.8, 4) is 0 Å². The zero-order chi connectivity index (χ0) is 20.2. The van der Waals surface area contributed by atoms with Crippen molar-refractivity contribution in [1.29, 1.82) is 0 Å². The van der Waals surface area contributed by atoms with E-state index in [1.807, 2.05) is 42.5 Å². The molecule has 1 fully saturated rings. The van der Waals surface area contributed by atoms with E-state index >= 15 is 0 Å². The van der Waals surface area contributed by atoms with Crippen LogP contribution in [0.2, 0.25) is 5.02 Å². The second-order valence-electron chi connectivity index (χ2n) is 7.61. The quantitative estimate of drug-likeness (QED) is 0.537. The SMILES string of the molecule is O=C1C(Sc2ccc(Cl)cc2)=C(c2ccccc2)C(=O)N1C1CCCCCCC1. The third kappa shape index (κ3) is 4.44. The Kier molecular flexibility index (Phi) is 6.41. The molecule has 4 rings (SSSR count). The van der Waals surface area contributed by atoms with Crippen molar-refractivity contribution in [3.05, 3.63) is 70.1 Å². The van der Waals surface area contributed by atoms with E-state index in [2.05, 4.69) is 0 Å². The molecule has 2 aliphatic rings. The van der Waals surface area contributed by atoms with Crippen molar-refractivity contribution < 1.29 is 9.59 Å². The minimum atomic E-state index is -0.153. The molecule has 0 bridgehead atoms. The average molecular weight is 426 g/mol. The maximum atomic E-state index is 13.5. The van der Waals surface area contributed by atoms with Crippen LogP contribution in [-0.2, 0) is 9.59 Å². The fraction of sp³-hybridized carbons (Fsp3) is 0.333. The number of amides is 2. The summed E-state index contributed by atoms with van der Waals surface area (Å²) in [5, 5.41) is 0.650.